The Morgan fingerprint density at radius 2 is 1.63 bits per heavy atom. The number of hydrogen-bond acceptors (Lipinski definition) is 5. The summed E-state index contributed by atoms with van der Waals surface area (Å²) in [7, 11) is -3.67. The van der Waals surface area contributed by atoms with Gasteiger partial charge in [0.05, 0.1) is 36.1 Å². The minimum atomic E-state index is -3.67. The van der Waals surface area contributed by atoms with Crippen LogP contribution in [-0.2, 0) is 27.9 Å². The van der Waals surface area contributed by atoms with Crippen LogP contribution in [-0.4, -0.2) is 42.4 Å². The van der Waals surface area contributed by atoms with Crippen LogP contribution in [0, 0.1) is 11.7 Å². The molecule has 0 aliphatic heterocycles. The Hall–Kier alpha value is -3.04. The predicted octanol–water partition coefficient (Wildman–Crippen LogP) is 6.50. The van der Waals surface area contributed by atoms with Gasteiger partial charge in [-0.25, -0.2) is 12.8 Å². The van der Waals surface area contributed by atoms with Gasteiger partial charge < -0.3 is 9.32 Å². The van der Waals surface area contributed by atoms with Gasteiger partial charge in [0.1, 0.15) is 11.4 Å². The number of sulfonamides is 1. The van der Waals surface area contributed by atoms with E-state index in [0.717, 1.165) is 32.1 Å². The molecule has 7 nitrogen and oxygen atoms in total. The van der Waals surface area contributed by atoms with Crippen molar-refractivity contribution < 1.29 is 22.0 Å². The van der Waals surface area contributed by atoms with Gasteiger partial charge in [0.2, 0.25) is 15.9 Å². The molecule has 3 rings (SSSR count). The molecule has 0 fully saturated rings. The number of benzene rings is 2. The predicted molar refractivity (Wildman–Crippen MR) is 161 cm³/mol. The van der Waals surface area contributed by atoms with E-state index >= 15 is 0 Å². The van der Waals surface area contributed by atoms with Gasteiger partial charge in [-0.3, -0.25) is 9.59 Å². The fourth-order valence-electron chi connectivity index (χ4n) is 4.64. The average molecular weight is 587 g/mol. The molecule has 0 aliphatic rings. The molecule has 1 heterocycles. The molecule has 0 spiro atoms. The van der Waals surface area contributed by atoms with E-state index in [1.54, 1.807) is 36.4 Å². The van der Waals surface area contributed by atoms with Crippen molar-refractivity contribution in [1.82, 2.24) is 9.21 Å². The standard InChI is InChI=1S/C32H43FN2O5S/c1-4-5-6-7-8-11-20-41(38,39)35(19-18-25(2)3)23-31(36)34(21-26-14-16-28(33)17-15-26)22-27-24-40-30-13-10-9-12-29(30)32(27)37/h9-10,12-17,24-25H,4-8,11,18-23H2,1-3H3. The molecule has 0 N–H and O–H groups in total. The first-order chi connectivity index (χ1) is 19.6. The zero-order valence-corrected chi connectivity index (χ0v) is 25.3. The molecule has 0 saturated heterocycles. The van der Waals surface area contributed by atoms with Crippen LogP contribution in [0.2, 0.25) is 0 Å². The molecule has 0 aliphatic carbocycles. The molecule has 1 amide bonds. The summed E-state index contributed by atoms with van der Waals surface area (Å²) >= 11 is 0. The molecule has 9 heteroatoms. The number of fused-ring (bicyclic) bond motifs is 1. The van der Waals surface area contributed by atoms with Crippen molar-refractivity contribution in [3.05, 3.63) is 82.0 Å². The summed E-state index contributed by atoms with van der Waals surface area (Å²) in [6.45, 7) is 6.09. The summed E-state index contributed by atoms with van der Waals surface area (Å²) in [5, 5.41) is 0.402. The molecule has 2 aromatic carbocycles. The maximum atomic E-state index is 13.8. The molecule has 1 aromatic heterocycles. The van der Waals surface area contributed by atoms with Gasteiger partial charge in [-0.2, -0.15) is 4.31 Å². The van der Waals surface area contributed by atoms with Crippen LogP contribution in [0.25, 0.3) is 11.0 Å². The molecule has 0 saturated carbocycles. The fourth-order valence-corrected chi connectivity index (χ4v) is 6.16. The maximum Gasteiger partial charge on any atom is 0.238 e. The van der Waals surface area contributed by atoms with E-state index in [0.29, 0.717) is 29.4 Å². The van der Waals surface area contributed by atoms with Crippen LogP contribution in [0.4, 0.5) is 4.39 Å². The SMILES string of the molecule is CCCCCCCCS(=O)(=O)N(CCC(C)C)CC(=O)N(Cc1ccc(F)cc1)Cc1coc2ccccc2c1=O. The highest BCUT2D eigenvalue weighted by Gasteiger charge is 2.27. The number of unbranched alkanes of at least 4 members (excludes halogenated alkanes) is 5. The van der Waals surface area contributed by atoms with Gasteiger partial charge in [-0.05, 0) is 48.6 Å². The van der Waals surface area contributed by atoms with Gasteiger partial charge >= 0.3 is 0 Å². The molecule has 3 aromatic rings. The normalized spacial score (nSPS) is 12.0. The largest absolute Gasteiger partial charge is 0.464 e. The van der Waals surface area contributed by atoms with Crippen LogP contribution < -0.4 is 5.43 Å². The Morgan fingerprint density at radius 3 is 2.34 bits per heavy atom. The second kappa shape index (κ2) is 15.8. The van der Waals surface area contributed by atoms with Gasteiger partial charge in [-0.15, -0.1) is 0 Å². The van der Waals surface area contributed by atoms with E-state index in [4.69, 9.17) is 4.42 Å². The second-order valence-corrected chi connectivity index (χ2v) is 13.2. The van der Waals surface area contributed by atoms with Crippen LogP contribution in [0.3, 0.4) is 0 Å². The van der Waals surface area contributed by atoms with Crippen LogP contribution in [0.1, 0.15) is 76.8 Å². The number of halogens is 1. The lowest BCUT2D eigenvalue weighted by atomic mass is 10.1. The number of amides is 1. The molecule has 0 bridgehead atoms. The highest BCUT2D eigenvalue weighted by molar-refractivity contribution is 7.89. The maximum absolute atomic E-state index is 13.8. The highest BCUT2D eigenvalue weighted by Crippen LogP contribution is 2.17. The van der Waals surface area contributed by atoms with E-state index in [-0.39, 0.29) is 48.8 Å². The third kappa shape index (κ3) is 10.1. The number of carbonyl (C=O) groups excluding carboxylic acids is 1. The Morgan fingerprint density at radius 1 is 0.951 bits per heavy atom. The van der Waals surface area contributed by atoms with E-state index in [9.17, 15) is 22.4 Å². The minimum Gasteiger partial charge on any atom is -0.464 e. The lowest BCUT2D eigenvalue weighted by Crippen LogP contribution is -2.44. The summed E-state index contributed by atoms with van der Waals surface area (Å²) in [6.07, 6.45) is 7.70. The Balaban J connectivity index is 1.83. The smallest absolute Gasteiger partial charge is 0.238 e. The van der Waals surface area contributed by atoms with E-state index in [2.05, 4.69) is 6.92 Å². The second-order valence-electron chi connectivity index (χ2n) is 11.1. The molecule has 41 heavy (non-hydrogen) atoms. The van der Waals surface area contributed by atoms with E-state index in [1.165, 1.54) is 27.6 Å². The molecular formula is C32H43FN2O5S. The van der Waals surface area contributed by atoms with Crippen LogP contribution in [0.5, 0.6) is 0 Å². The Labute approximate surface area is 243 Å². The van der Waals surface area contributed by atoms with Crippen molar-refractivity contribution in [2.45, 2.75) is 78.8 Å². The highest BCUT2D eigenvalue weighted by atomic mass is 32.2. The van der Waals surface area contributed by atoms with Crippen molar-refractivity contribution in [3.8, 4) is 0 Å². The zero-order chi connectivity index (χ0) is 29.8. The monoisotopic (exact) mass is 586 g/mol. The Kier molecular flexibility index (Phi) is 12.5. The summed E-state index contributed by atoms with van der Waals surface area (Å²) < 4.78 is 47.3. The first kappa shape index (κ1) is 32.5. The first-order valence-corrected chi connectivity index (χ1v) is 16.2. The molecule has 224 valence electrons. The lowest BCUT2D eigenvalue weighted by Gasteiger charge is -2.28. The summed E-state index contributed by atoms with van der Waals surface area (Å²) in [5.74, 6) is -0.578. The quantitative estimate of drug-likeness (QED) is 0.169. The van der Waals surface area contributed by atoms with E-state index < -0.39 is 21.7 Å². The number of carbonyl (C=O) groups is 1. The summed E-state index contributed by atoms with van der Waals surface area (Å²) in [4.78, 5) is 28.4. The molecule has 0 atom stereocenters. The van der Waals surface area contributed by atoms with Gasteiger partial charge in [0, 0.05) is 13.1 Å². The van der Waals surface area contributed by atoms with Crippen molar-refractivity contribution in [1.29, 1.82) is 0 Å². The number of nitrogens with zero attached hydrogens (tertiary/aromatic N) is 2. The topological polar surface area (TPSA) is 87.9 Å². The number of para-hydroxylation sites is 1. The summed E-state index contributed by atoms with van der Waals surface area (Å²) in [6, 6.07) is 12.6. The first-order valence-electron chi connectivity index (χ1n) is 14.6. The van der Waals surface area contributed by atoms with E-state index in [1.807, 2.05) is 13.8 Å². The van der Waals surface area contributed by atoms with Gasteiger partial charge in [0.15, 0.2) is 5.43 Å². The van der Waals surface area contributed by atoms with Crippen LogP contribution >= 0.6 is 0 Å². The summed E-state index contributed by atoms with van der Waals surface area (Å²) in [5.41, 5.74) is 1.13. The molecular weight excluding hydrogens is 543 g/mol. The molecule has 0 radical (unpaired) electrons. The number of hydrogen-bond donors (Lipinski definition) is 0. The fraction of sp³-hybridized carbons (Fsp3) is 0.500. The van der Waals surface area contributed by atoms with Crippen LogP contribution in [0.15, 0.2) is 64.0 Å². The molecule has 0 unspecified atom stereocenters. The van der Waals surface area contributed by atoms with Gasteiger partial charge in [-0.1, -0.05) is 77.1 Å². The zero-order valence-electron chi connectivity index (χ0n) is 24.5. The third-order valence-electron chi connectivity index (χ3n) is 7.17. The Bertz CT molecular complexity index is 1420. The van der Waals surface area contributed by atoms with Crippen molar-refractivity contribution in [2.24, 2.45) is 5.92 Å². The third-order valence-corrected chi connectivity index (χ3v) is 9.07. The minimum absolute atomic E-state index is 0.00325. The van der Waals surface area contributed by atoms with Gasteiger partial charge in [0.25, 0.3) is 0 Å². The van der Waals surface area contributed by atoms with Crippen molar-refractivity contribution in [2.75, 3.05) is 18.8 Å². The average Bonchev–Trinajstić information content (AvgIpc) is 2.94. The van der Waals surface area contributed by atoms with Crippen molar-refractivity contribution in [3.63, 3.8) is 0 Å². The number of rotatable bonds is 17. The van der Waals surface area contributed by atoms with Crippen molar-refractivity contribution >= 4 is 26.9 Å². The lowest BCUT2D eigenvalue weighted by molar-refractivity contribution is -0.132.